The number of aliphatic hydroxyl groups is 1. The van der Waals surface area contributed by atoms with E-state index in [4.69, 9.17) is 4.99 Å². The highest BCUT2D eigenvalue weighted by Crippen LogP contribution is 2.54. The van der Waals surface area contributed by atoms with Crippen molar-refractivity contribution in [2.45, 2.75) is 293 Å². The number of carbonyl (C=O) groups is 3. The smallest absolute Gasteiger partial charge is 0.246 e. The Labute approximate surface area is 497 Å². The van der Waals surface area contributed by atoms with Gasteiger partial charge in [0.2, 0.25) is 17.6 Å². The highest BCUT2D eigenvalue weighted by atomic mass is 32.2. The summed E-state index contributed by atoms with van der Waals surface area (Å²) in [5.74, 6) is 6.26. The predicted molar refractivity (Wildman–Crippen MR) is 350 cm³/mol. The molecule has 2 amide bonds. The van der Waals surface area contributed by atoms with E-state index in [0.717, 1.165) is 72.9 Å². The van der Waals surface area contributed by atoms with Crippen molar-refractivity contribution in [3.8, 4) is 0 Å². The molecule has 1 aromatic carbocycles. The van der Waals surface area contributed by atoms with E-state index in [-0.39, 0.29) is 69.5 Å². The third-order valence-corrected chi connectivity index (χ3v) is 21.5. The number of hydrogen-bond acceptors (Lipinski definition) is 8. The molecule has 450 valence electrons. The Hall–Kier alpha value is -3.24. The molecular weight excluding hydrogens is 1020 g/mol. The normalized spacial score (nSPS) is 20.6. The number of fused-ring (bicyclic) bond motifs is 2. The predicted octanol–water partition coefficient (Wildman–Crippen LogP) is 19.5. The fraction of sp³-hybridized carbons (Fsp3) is 0.743. The second-order valence-corrected chi connectivity index (χ2v) is 28.5. The average molecular weight is 1140 g/mol. The first-order valence-corrected chi connectivity index (χ1v) is 35.1. The van der Waals surface area contributed by atoms with Crippen molar-refractivity contribution in [3.05, 3.63) is 63.6 Å². The Balaban J connectivity index is 1.28. The van der Waals surface area contributed by atoms with Gasteiger partial charge in [0.1, 0.15) is 5.76 Å². The second-order valence-electron chi connectivity index (χ2n) is 26.2. The van der Waals surface area contributed by atoms with E-state index >= 15 is 4.79 Å². The summed E-state index contributed by atoms with van der Waals surface area (Å²) in [7, 11) is 0. The topological polar surface area (TPSA) is 102 Å². The van der Waals surface area contributed by atoms with Crippen LogP contribution in [0.25, 0.3) is 5.57 Å². The van der Waals surface area contributed by atoms with Gasteiger partial charge in [-0.05, 0) is 150 Å². The van der Waals surface area contributed by atoms with Gasteiger partial charge >= 0.3 is 0 Å². The summed E-state index contributed by atoms with van der Waals surface area (Å²) in [4.78, 5) is 52.5. The van der Waals surface area contributed by atoms with E-state index in [0.29, 0.717) is 35.4 Å². The monoisotopic (exact) mass is 1140 g/mol. The molecule has 2 aliphatic carbocycles. The third kappa shape index (κ3) is 17.9. The summed E-state index contributed by atoms with van der Waals surface area (Å²) >= 11 is 4.30. The number of aliphatic hydroxyl groups excluding tert-OH is 1. The molecule has 0 saturated carbocycles. The van der Waals surface area contributed by atoms with Crippen LogP contribution < -0.4 is 10.2 Å². The Morgan fingerprint density at radius 1 is 0.637 bits per heavy atom. The van der Waals surface area contributed by atoms with Gasteiger partial charge in [-0.1, -0.05) is 171 Å². The molecule has 0 radical (unpaired) electrons. The van der Waals surface area contributed by atoms with Crippen molar-refractivity contribution >= 4 is 63.8 Å². The van der Waals surface area contributed by atoms with Crippen molar-refractivity contribution in [1.29, 1.82) is 0 Å². The molecule has 4 unspecified atom stereocenters. The van der Waals surface area contributed by atoms with Crippen molar-refractivity contribution in [3.63, 3.8) is 0 Å². The first kappa shape index (κ1) is 67.5. The summed E-state index contributed by atoms with van der Waals surface area (Å²) in [5, 5.41) is 15.7. The molecule has 2 N–H and O–H groups in total. The Bertz CT molecular complexity index is 2340. The number of amides is 2. The van der Waals surface area contributed by atoms with E-state index in [1.54, 1.807) is 0 Å². The number of benzene rings is 1. The van der Waals surface area contributed by atoms with Crippen LogP contribution in [0, 0.1) is 17.3 Å². The number of nitrogens with one attached hydrogen (secondary N) is 1. The average Bonchev–Trinajstić information content (AvgIpc) is 3.73. The molecule has 2 aliphatic heterocycles. The summed E-state index contributed by atoms with van der Waals surface area (Å²) in [6.45, 7) is 31.5. The Morgan fingerprint density at radius 3 is 1.61 bits per heavy atom. The van der Waals surface area contributed by atoms with Crippen LogP contribution in [0.1, 0.15) is 275 Å². The van der Waals surface area contributed by atoms with Crippen LogP contribution in [0.15, 0.2) is 57.5 Å². The highest BCUT2D eigenvalue weighted by molar-refractivity contribution is 7.99. The van der Waals surface area contributed by atoms with E-state index in [1.165, 1.54) is 139 Å². The van der Waals surface area contributed by atoms with Gasteiger partial charge in [-0.3, -0.25) is 14.4 Å². The number of carbonyl (C=O) groups excluding carboxylic acids is 3. The second kappa shape index (κ2) is 33.3. The lowest BCUT2D eigenvalue weighted by Crippen LogP contribution is -2.42. The minimum absolute atomic E-state index is 0.0798. The summed E-state index contributed by atoms with van der Waals surface area (Å²) in [5.41, 5.74) is 6.11. The highest BCUT2D eigenvalue weighted by Gasteiger charge is 2.49. The SMILES string of the molecule is CCCCC(CC)CSCCCCCCCCCCC(=O)N=C1C=C2C(=CC1=C1C(=O)C(c3cc4c(cc3NC(=O)CCCCCCCCCCSCC(CC)CCCC)N(C(C)C)C(C)C4(C)C)=C1O)C(C)(C)C(C)N2C(C)C. The van der Waals surface area contributed by atoms with Gasteiger partial charge in [-0.15, -0.1) is 0 Å². The number of unbranched alkanes of at least 4 members (excludes halogenated alkanes) is 16. The number of hydrogen-bond donors (Lipinski definition) is 2. The summed E-state index contributed by atoms with van der Waals surface area (Å²) < 4.78 is 0. The van der Waals surface area contributed by atoms with E-state index in [2.05, 4.69) is 142 Å². The van der Waals surface area contributed by atoms with Crippen LogP contribution >= 0.6 is 23.5 Å². The maximum atomic E-state index is 15.0. The molecule has 5 rings (SSSR count). The number of nitrogens with zero attached hydrogens (tertiary/aromatic N) is 3. The van der Waals surface area contributed by atoms with Crippen LogP contribution in [-0.4, -0.2) is 80.5 Å². The molecule has 1 aromatic rings. The number of ketones is 1. The van der Waals surface area contributed by atoms with E-state index < -0.39 is 0 Å². The lowest BCUT2D eigenvalue weighted by atomic mass is 9.73. The Morgan fingerprint density at radius 2 is 1.12 bits per heavy atom. The molecule has 1 fully saturated rings. The lowest BCUT2D eigenvalue weighted by molar-refractivity contribution is -0.118. The van der Waals surface area contributed by atoms with Crippen molar-refractivity contribution in [1.82, 2.24) is 4.90 Å². The largest absolute Gasteiger partial charge is 0.506 e. The maximum absolute atomic E-state index is 15.0. The van der Waals surface area contributed by atoms with Crippen LogP contribution in [-0.2, 0) is 19.8 Å². The molecule has 80 heavy (non-hydrogen) atoms. The molecule has 4 atom stereocenters. The van der Waals surface area contributed by atoms with Gasteiger partial charge in [0.15, 0.2) is 0 Å². The Kier molecular flexibility index (Phi) is 28.1. The molecule has 0 aromatic heterocycles. The van der Waals surface area contributed by atoms with Gasteiger partial charge < -0.3 is 20.2 Å². The molecule has 4 aliphatic rings. The lowest BCUT2D eigenvalue weighted by Gasteiger charge is -2.34. The van der Waals surface area contributed by atoms with E-state index in [9.17, 15) is 14.7 Å². The maximum Gasteiger partial charge on any atom is 0.246 e. The number of aliphatic imine (C=N–C) groups is 1. The van der Waals surface area contributed by atoms with Gasteiger partial charge in [-0.25, -0.2) is 4.99 Å². The van der Waals surface area contributed by atoms with Crippen LogP contribution in [0.5, 0.6) is 0 Å². The minimum Gasteiger partial charge on any atom is -0.506 e. The number of thioether (sulfide) groups is 2. The zero-order chi connectivity index (χ0) is 58.6. The number of rotatable bonds is 38. The number of anilines is 2. The molecule has 8 nitrogen and oxygen atoms in total. The van der Waals surface area contributed by atoms with Gasteiger partial charge in [0.05, 0.1) is 22.5 Å². The van der Waals surface area contributed by atoms with E-state index in [1.807, 2.05) is 18.2 Å². The summed E-state index contributed by atoms with van der Waals surface area (Å²) in [6.07, 6.45) is 33.9. The van der Waals surface area contributed by atoms with Crippen LogP contribution in [0.3, 0.4) is 0 Å². The van der Waals surface area contributed by atoms with Gasteiger partial charge in [-0.2, -0.15) is 23.5 Å². The molecule has 2 heterocycles. The zero-order valence-electron chi connectivity index (χ0n) is 53.3. The quantitative estimate of drug-likeness (QED) is 0.0499. The first-order valence-electron chi connectivity index (χ1n) is 32.8. The number of likely N-dealkylation sites (tertiary alicyclic amines) is 1. The summed E-state index contributed by atoms with van der Waals surface area (Å²) in [6, 6.07) is 4.83. The molecule has 10 heteroatoms. The molecule has 0 bridgehead atoms. The van der Waals surface area contributed by atoms with Crippen LogP contribution in [0.2, 0.25) is 0 Å². The van der Waals surface area contributed by atoms with Crippen molar-refractivity contribution < 1.29 is 19.5 Å². The third-order valence-electron chi connectivity index (χ3n) is 18.9. The fourth-order valence-electron chi connectivity index (χ4n) is 12.9. The fourth-order valence-corrected chi connectivity index (χ4v) is 15.6. The van der Waals surface area contributed by atoms with Crippen molar-refractivity contribution in [2.24, 2.45) is 22.2 Å². The standard InChI is InChI=1S/C70H114N4O4S2/c1-15-19-37-53(17-3)47-79-41-35-31-27-23-21-25-29-33-39-63(75)71-59-45-61-57(69(11,12)51(9)73(61)49(5)6)43-55(59)65-67(77)66(68(65)78)56-44-58-62(74(50(7)8)52(10)70(58,13)14)46-60(56)72-64(76)40-34-30-26-22-24-28-32-36-42-80-48-54(18-4)38-20-16-2/h43-46,49-54,77H,15-42,47-48H2,1-14H3,(H,71,75). The molecule has 0 spiro atoms. The first-order chi connectivity index (χ1) is 38.3. The van der Waals surface area contributed by atoms with Crippen molar-refractivity contribution in [2.75, 3.05) is 33.2 Å². The molecular formula is C70H114N4O4S2. The number of allylic oxidation sites excluding steroid dienone is 6. The minimum atomic E-state index is -0.298. The van der Waals surface area contributed by atoms with Gasteiger partial charge in [0, 0.05) is 70.4 Å². The number of Topliss-reactive ketones (excluding diaryl/α,β-unsaturated/α-hetero) is 1. The zero-order valence-corrected chi connectivity index (χ0v) is 54.9. The van der Waals surface area contributed by atoms with Crippen LogP contribution in [0.4, 0.5) is 11.4 Å². The molecule has 1 saturated heterocycles. The van der Waals surface area contributed by atoms with Gasteiger partial charge in [0.25, 0.3) is 0 Å².